The van der Waals surface area contributed by atoms with Gasteiger partial charge in [-0.05, 0) is 37.6 Å². The van der Waals surface area contributed by atoms with Crippen LogP contribution in [0.15, 0.2) is 30.6 Å². The van der Waals surface area contributed by atoms with E-state index in [0.717, 1.165) is 37.3 Å². The van der Waals surface area contributed by atoms with Gasteiger partial charge >= 0.3 is 0 Å². The van der Waals surface area contributed by atoms with Crippen molar-refractivity contribution in [1.82, 2.24) is 14.9 Å². The van der Waals surface area contributed by atoms with Crippen molar-refractivity contribution in [2.24, 2.45) is 0 Å². The van der Waals surface area contributed by atoms with Gasteiger partial charge in [0.25, 0.3) is 0 Å². The molecular formula is C16H21Cl2N3. The molecule has 0 fully saturated rings. The summed E-state index contributed by atoms with van der Waals surface area (Å²) in [6.45, 7) is 6.17. The van der Waals surface area contributed by atoms with E-state index in [-0.39, 0.29) is 6.04 Å². The molecule has 1 unspecified atom stereocenters. The Bertz CT molecular complexity index is 581. The first-order valence-corrected chi connectivity index (χ1v) is 8.09. The highest BCUT2D eigenvalue weighted by molar-refractivity contribution is 6.42. The van der Waals surface area contributed by atoms with Crippen molar-refractivity contribution in [3.05, 3.63) is 52.0 Å². The fraction of sp³-hybridized carbons (Fsp3) is 0.438. The predicted molar refractivity (Wildman–Crippen MR) is 89.1 cm³/mol. The lowest BCUT2D eigenvalue weighted by molar-refractivity contribution is 0.506. The molecule has 0 amide bonds. The fourth-order valence-electron chi connectivity index (χ4n) is 2.36. The van der Waals surface area contributed by atoms with Gasteiger partial charge in [0.05, 0.1) is 10.0 Å². The Morgan fingerprint density at radius 3 is 2.71 bits per heavy atom. The summed E-state index contributed by atoms with van der Waals surface area (Å²) in [5, 5.41) is 4.75. The molecule has 1 heterocycles. The van der Waals surface area contributed by atoms with Gasteiger partial charge in [-0.1, -0.05) is 36.2 Å². The van der Waals surface area contributed by atoms with Crippen LogP contribution >= 0.6 is 23.2 Å². The Kier molecular flexibility index (Phi) is 6.09. The summed E-state index contributed by atoms with van der Waals surface area (Å²) >= 11 is 12.2. The smallest absolute Gasteiger partial charge is 0.110 e. The van der Waals surface area contributed by atoms with Crippen molar-refractivity contribution in [3.8, 4) is 0 Å². The molecule has 21 heavy (non-hydrogen) atoms. The number of aromatic nitrogens is 2. The Hall–Kier alpha value is -1.03. The van der Waals surface area contributed by atoms with Gasteiger partial charge in [-0.15, -0.1) is 0 Å². The number of aryl methyl sites for hydroxylation is 1. The molecule has 2 rings (SSSR count). The second-order valence-corrected chi connectivity index (χ2v) is 5.83. The Morgan fingerprint density at radius 1 is 1.24 bits per heavy atom. The molecule has 0 radical (unpaired) electrons. The first-order valence-electron chi connectivity index (χ1n) is 7.34. The predicted octanol–water partition coefficient (Wildman–Crippen LogP) is 4.49. The normalized spacial score (nSPS) is 12.6. The molecule has 3 nitrogen and oxygen atoms in total. The van der Waals surface area contributed by atoms with Crippen LogP contribution in [0.4, 0.5) is 0 Å². The summed E-state index contributed by atoms with van der Waals surface area (Å²) in [7, 11) is 0. The van der Waals surface area contributed by atoms with E-state index in [1.165, 1.54) is 0 Å². The standard InChI is InChI=1S/C16H21Cl2N3/c1-3-7-19-15(11-16-20-8-9-21(16)4-2)12-5-6-13(17)14(18)10-12/h5-6,8-10,15,19H,3-4,7,11H2,1-2H3. The second kappa shape index (κ2) is 7.83. The van der Waals surface area contributed by atoms with Gasteiger partial charge in [-0.25, -0.2) is 4.98 Å². The van der Waals surface area contributed by atoms with Crippen molar-refractivity contribution in [1.29, 1.82) is 0 Å². The minimum absolute atomic E-state index is 0.187. The van der Waals surface area contributed by atoms with Crippen LogP contribution in [0.25, 0.3) is 0 Å². The van der Waals surface area contributed by atoms with Crippen LogP contribution in [-0.4, -0.2) is 16.1 Å². The lowest BCUT2D eigenvalue weighted by atomic mass is 10.0. The van der Waals surface area contributed by atoms with Gasteiger partial charge in [0, 0.05) is 31.4 Å². The third kappa shape index (κ3) is 4.22. The summed E-state index contributed by atoms with van der Waals surface area (Å²) < 4.78 is 2.16. The monoisotopic (exact) mass is 325 g/mol. The Balaban J connectivity index is 2.23. The van der Waals surface area contributed by atoms with Gasteiger partial charge in [0.2, 0.25) is 0 Å². The number of rotatable bonds is 7. The quantitative estimate of drug-likeness (QED) is 0.812. The van der Waals surface area contributed by atoms with Crippen LogP contribution in [0, 0.1) is 0 Å². The van der Waals surface area contributed by atoms with Crippen LogP contribution in [0.2, 0.25) is 10.0 Å². The van der Waals surface area contributed by atoms with Crippen molar-refractivity contribution >= 4 is 23.2 Å². The first-order chi connectivity index (χ1) is 10.2. The molecule has 1 atom stereocenters. The van der Waals surface area contributed by atoms with E-state index in [1.54, 1.807) is 0 Å². The average molecular weight is 326 g/mol. The minimum atomic E-state index is 0.187. The van der Waals surface area contributed by atoms with E-state index < -0.39 is 0 Å². The number of hydrogen-bond donors (Lipinski definition) is 1. The highest BCUT2D eigenvalue weighted by Gasteiger charge is 2.15. The van der Waals surface area contributed by atoms with Crippen molar-refractivity contribution in [3.63, 3.8) is 0 Å². The van der Waals surface area contributed by atoms with Crippen molar-refractivity contribution < 1.29 is 0 Å². The van der Waals surface area contributed by atoms with Gasteiger partial charge in [0.1, 0.15) is 5.82 Å². The molecule has 5 heteroatoms. The van der Waals surface area contributed by atoms with Gasteiger partial charge in [0.15, 0.2) is 0 Å². The molecule has 114 valence electrons. The largest absolute Gasteiger partial charge is 0.335 e. The molecule has 0 aliphatic rings. The zero-order chi connectivity index (χ0) is 15.2. The van der Waals surface area contributed by atoms with E-state index in [1.807, 2.05) is 30.6 Å². The number of nitrogens with zero attached hydrogens (tertiary/aromatic N) is 2. The molecular weight excluding hydrogens is 305 g/mol. The topological polar surface area (TPSA) is 29.9 Å². The van der Waals surface area contributed by atoms with E-state index in [4.69, 9.17) is 23.2 Å². The maximum absolute atomic E-state index is 6.15. The molecule has 1 aromatic carbocycles. The van der Waals surface area contributed by atoms with Gasteiger partial charge < -0.3 is 9.88 Å². The molecule has 0 bridgehead atoms. The number of imidazole rings is 1. The first kappa shape index (κ1) is 16.3. The molecule has 0 saturated heterocycles. The van der Waals surface area contributed by atoms with E-state index in [9.17, 15) is 0 Å². The molecule has 2 aromatic rings. The van der Waals surface area contributed by atoms with Crippen LogP contribution in [0.5, 0.6) is 0 Å². The van der Waals surface area contributed by atoms with Crippen LogP contribution in [0.1, 0.15) is 37.7 Å². The van der Waals surface area contributed by atoms with E-state index in [0.29, 0.717) is 10.0 Å². The van der Waals surface area contributed by atoms with Gasteiger partial charge in [-0.3, -0.25) is 0 Å². The summed E-state index contributed by atoms with van der Waals surface area (Å²) in [6, 6.07) is 6.01. The summed E-state index contributed by atoms with van der Waals surface area (Å²) in [5.41, 5.74) is 1.14. The number of hydrogen-bond acceptors (Lipinski definition) is 2. The SMILES string of the molecule is CCCNC(Cc1nccn1CC)c1ccc(Cl)c(Cl)c1. The minimum Gasteiger partial charge on any atom is -0.335 e. The Labute approximate surface area is 136 Å². The number of halogens is 2. The molecule has 0 spiro atoms. The average Bonchev–Trinajstić information content (AvgIpc) is 2.93. The molecule has 0 aliphatic carbocycles. The summed E-state index contributed by atoms with van der Waals surface area (Å²) in [6.07, 6.45) is 5.78. The third-order valence-corrected chi connectivity index (χ3v) is 4.25. The fourth-order valence-corrected chi connectivity index (χ4v) is 2.66. The summed E-state index contributed by atoms with van der Waals surface area (Å²) in [4.78, 5) is 4.46. The lowest BCUT2D eigenvalue weighted by Gasteiger charge is -2.20. The highest BCUT2D eigenvalue weighted by atomic mass is 35.5. The molecule has 1 N–H and O–H groups in total. The zero-order valence-electron chi connectivity index (χ0n) is 12.4. The van der Waals surface area contributed by atoms with Gasteiger partial charge in [-0.2, -0.15) is 0 Å². The second-order valence-electron chi connectivity index (χ2n) is 5.01. The maximum atomic E-state index is 6.15. The molecule has 0 aliphatic heterocycles. The van der Waals surface area contributed by atoms with E-state index in [2.05, 4.69) is 28.7 Å². The third-order valence-electron chi connectivity index (χ3n) is 3.52. The lowest BCUT2D eigenvalue weighted by Crippen LogP contribution is -2.25. The van der Waals surface area contributed by atoms with Crippen LogP contribution in [0.3, 0.4) is 0 Å². The maximum Gasteiger partial charge on any atom is 0.110 e. The van der Waals surface area contributed by atoms with Crippen LogP contribution < -0.4 is 5.32 Å². The number of nitrogens with one attached hydrogen (secondary N) is 1. The Morgan fingerprint density at radius 2 is 2.05 bits per heavy atom. The van der Waals surface area contributed by atoms with E-state index >= 15 is 0 Å². The van der Waals surface area contributed by atoms with Crippen molar-refractivity contribution in [2.45, 2.75) is 39.3 Å². The number of benzene rings is 1. The molecule has 0 saturated carbocycles. The highest BCUT2D eigenvalue weighted by Crippen LogP contribution is 2.27. The van der Waals surface area contributed by atoms with Crippen LogP contribution in [-0.2, 0) is 13.0 Å². The van der Waals surface area contributed by atoms with Crippen molar-refractivity contribution in [2.75, 3.05) is 6.54 Å². The zero-order valence-corrected chi connectivity index (χ0v) is 14.0. The molecule has 1 aromatic heterocycles. The summed E-state index contributed by atoms with van der Waals surface area (Å²) in [5.74, 6) is 1.08.